The van der Waals surface area contributed by atoms with Crippen LogP contribution in [0.15, 0.2) is 167 Å². The second-order valence-corrected chi connectivity index (χ2v) is 14.6. The van der Waals surface area contributed by atoms with E-state index in [0.29, 0.717) is 5.82 Å². The molecule has 11 rings (SSSR count). The van der Waals surface area contributed by atoms with Crippen molar-refractivity contribution < 1.29 is 8.83 Å². The Morgan fingerprint density at radius 1 is 0.377 bits per heavy atom. The van der Waals surface area contributed by atoms with Gasteiger partial charge in [-0.2, -0.15) is 0 Å². The zero-order valence-corrected chi connectivity index (χ0v) is 29.2. The molecule has 0 radical (unpaired) electrons. The van der Waals surface area contributed by atoms with Crippen LogP contribution in [0.1, 0.15) is 25.0 Å². The number of fused-ring (bicyclic) bond motifs is 9. The number of para-hydroxylation sites is 2. The van der Waals surface area contributed by atoms with Crippen molar-refractivity contribution in [1.82, 2.24) is 9.97 Å². The molecule has 7 aromatic carbocycles. The van der Waals surface area contributed by atoms with Crippen molar-refractivity contribution in [3.8, 4) is 56.2 Å². The summed E-state index contributed by atoms with van der Waals surface area (Å²) in [6, 6.07) is 55.3. The molecule has 250 valence electrons. The highest BCUT2D eigenvalue weighted by molar-refractivity contribution is 6.08. The minimum absolute atomic E-state index is 0.173. The Hall–Kier alpha value is -6.78. The second-order valence-electron chi connectivity index (χ2n) is 14.6. The highest BCUT2D eigenvalue weighted by atomic mass is 16.3. The molecule has 0 fully saturated rings. The van der Waals surface area contributed by atoms with Crippen LogP contribution in [0, 0.1) is 0 Å². The zero-order chi connectivity index (χ0) is 35.3. The van der Waals surface area contributed by atoms with Crippen molar-refractivity contribution in [1.29, 1.82) is 0 Å². The van der Waals surface area contributed by atoms with Crippen molar-refractivity contribution in [2.24, 2.45) is 0 Å². The van der Waals surface area contributed by atoms with E-state index in [4.69, 9.17) is 18.8 Å². The van der Waals surface area contributed by atoms with Crippen molar-refractivity contribution >= 4 is 43.9 Å². The van der Waals surface area contributed by atoms with E-state index in [-0.39, 0.29) is 5.41 Å². The van der Waals surface area contributed by atoms with Crippen LogP contribution in [0.3, 0.4) is 0 Å². The van der Waals surface area contributed by atoms with Gasteiger partial charge in [-0.3, -0.25) is 0 Å². The first-order valence-electron chi connectivity index (χ1n) is 18.1. The fourth-order valence-corrected chi connectivity index (χ4v) is 8.34. The molecule has 10 aromatic rings. The van der Waals surface area contributed by atoms with E-state index in [9.17, 15) is 0 Å². The number of aromatic nitrogens is 2. The normalized spacial score (nSPS) is 13.2. The van der Waals surface area contributed by atoms with Gasteiger partial charge >= 0.3 is 0 Å². The predicted octanol–water partition coefficient (Wildman–Crippen LogP) is 13.2. The van der Waals surface area contributed by atoms with Gasteiger partial charge in [0.15, 0.2) is 5.82 Å². The lowest BCUT2D eigenvalue weighted by Gasteiger charge is -2.22. The number of furan rings is 2. The fraction of sp³-hybridized carbons (Fsp3) is 0.0612. The maximum absolute atomic E-state index is 6.30. The lowest BCUT2D eigenvalue weighted by atomic mass is 9.81. The molecular weight excluding hydrogens is 649 g/mol. The smallest absolute Gasteiger partial charge is 0.160 e. The number of hydrogen-bond donors (Lipinski definition) is 0. The number of benzene rings is 7. The second kappa shape index (κ2) is 11.1. The average Bonchev–Trinajstić information content (AvgIpc) is 3.84. The summed E-state index contributed by atoms with van der Waals surface area (Å²) in [5.41, 5.74) is 15.5. The summed E-state index contributed by atoms with van der Waals surface area (Å²) in [5.74, 6) is 0.677. The fourth-order valence-electron chi connectivity index (χ4n) is 8.34. The summed E-state index contributed by atoms with van der Waals surface area (Å²) in [6.07, 6.45) is 0. The van der Waals surface area contributed by atoms with Gasteiger partial charge in [-0.05, 0) is 88.0 Å². The Morgan fingerprint density at radius 3 is 1.75 bits per heavy atom. The van der Waals surface area contributed by atoms with E-state index in [1.54, 1.807) is 0 Å². The Morgan fingerprint density at radius 2 is 0.962 bits per heavy atom. The molecule has 1 aliphatic carbocycles. The van der Waals surface area contributed by atoms with E-state index >= 15 is 0 Å². The maximum Gasteiger partial charge on any atom is 0.160 e. The van der Waals surface area contributed by atoms with E-state index in [2.05, 4.69) is 123 Å². The van der Waals surface area contributed by atoms with Crippen LogP contribution in [0.2, 0.25) is 0 Å². The summed E-state index contributed by atoms with van der Waals surface area (Å²) < 4.78 is 12.6. The van der Waals surface area contributed by atoms with E-state index in [1.165, 1.54) is 27.6 Å². The summed E-state index contributed by atoms with van der Waals surface area (Å²) in [7, 11) is 0. The van der Waals surface area contributed by atoms with Crippen LogP contribution in [-0.4, -0.2) is 9.97 Å². The van der Waals surface area contributed by atoms with Gasteiger partial charge < -0.3 is 8.83 Å². The molecule has 1 aliphatic rings. The Balaban J connectivity index is 1.01. The molecule has 4 heteroatoms. The third-order valence-electron chi connectivity index (χ3n) is 11.1. The number of hydrogen-bond acceptors (Lipinski definition) is 4. The molecule has 4 nitrogen and oxygen atoms in total. The molecule has 0 saturated heterocycles. The molecule has 0 aliphatic heterocycles. The van der Waals surface area contributed by atoms with Crippen molar-refractivity contribution in [3.63, 3.8) is 0 Å². The minimum atomic E-state index is -0.173. The highest BCUT2D eigenvalue weighted by Gasteiger charge is 2.36. The Bertz CT molecular complexity index is 3090. The monoisotopic (exact) mass is 680 g/mol. The van der Waals surface area contributed by atoms with Crippen LogP contribution >= 0.6 is 0 Å². The van der Waals surface area contributed by atoms with E-state index in [1.807, 2.05) is 48.5 Å². The molecule has 3 aromatic heterocycles. The number of rotatable bonds is 4. The topological polar surface area (TPSA) is 52.1 Å². The molecule has 0 saturated carbocycles. The van der Waals surface area contributed by atoms with Gasteiger partial charge in [-0.25, -0.2) is 9.97 Å². The van der Waals surface area contributed by atoms with Crippen LogP contribution in [0.4, 0.5) is 0 Å². The molecule has 0 unspecified atom stereocenters. The molecule has 0 N–H and O–H groups in total. The lowest BCUT2D eigenvalue weighted by molar-refractivity contribution is 0.658. The van der Waals surface area contributed by atoms with Gasteiger partial charge in [0, 0.05) is 43.7 Å². The van der Waals surface area contributed by atoms with Crippen molar-refractivity contribution in [2.75, 3.05) is 0 Å². The van der Waals surface area contributed by atoms with Crippen LogP contribution in [0.5, 0.6) is 0 Å². The van der Waals surface area contributed by atoms with Gasteiger partial charge in [0.05, 0.1) is 11.4 Å². The van der Waals surface area contributed by atoms with Crippen LogP contribution < -0.4 is 0 Å². The molecule has 0 bridgehead atoms. The molecule has 0 amide bonds. The summed E-state index contributed by atoms with van der Waals surface area (Å²) in [4.78, 5) is 10.3. The first-order chi connectivity index (χ1) is 26.0. The SMILES string of the molecule is CC1(C)c2cc(-c3cccc(-c4nc(-c5ccccc5)cc(-c5ccc6c(c5)oc5ccccc56)n4)c3)ccc2-c2cc3oc4ccccc4c3cc21. The van der Waals surface area contributed by atoms with Gasteiger partial charge in [-0.15, -0.1) is 0 Å². The van der Waals surface area contributed by atoms with Gasteiger partial charge in [0.1, 0.15) is 22.3 Å². The first-order valence-corrected chi connectivity index (χ1v) is 18.1. The van der Waals surface area contributed by atoms with Crippen molar-refractivity contribution in [2.45, 2.75) is 19.3 Å². The summed E-state index contributed by atoms with van der Waals surface area (Å²) >= 11 is 0. The third kappa shape index (κ3) is 4.62. The average molecular weight is 681 g/mol. The highest BCUT2D eigenvalue weighted by Crippen LogP contribution is 2.51. The van der Waals surface area contributed by atoms with Crippen LogP contribution in [0.25, 0.3) is 100 Å². The molecule has 3 heterocycles. The maximum atomic E-state index is 6.30. The number of nitrogens with zero attached hydrogens (tertiary/aromatic N) is 2. The lowest BCUT2D eigenvalue weighted by Crippen LogP contribution is -2.15. The Labute approximate surface area is 306 Å². The standard InChI is InChI=1S/C49H32N2O2/c1-49(2)40-24-31(19-21-34(40)38-27-47-39(26-41(38)49)36-16-7-9-18-45(36)53-47)30-13-10-14-33(23-30)48-50-42(29-11-4-3-5-12-29)28-43(51-48)32-20-22-37-35-15-6-8-17-44(35)52-46(37)25-32/h3-28H,1-2H3. The summed E-state index contributed by atoms with van der Waals surface area (Å²) in [6.45, 7) is 4.66. The molecule has 53 heavy (non-hydrogen) atoms. The predicted molar refractivity (Wildman–Crippen MR) is 216 cm³/mol. The quantitative estimate of drug-likeness (QED) is 0.186. The van der Waals surface area contributed by atoms with Crippen molar-refractivity contribution in [3.05, 3.63) is 169 Å². The first kappa shape index (κ1) is 29.9. The van der Waals surface area contributed by atoms with Gasteiger partial charge in [-0.1, -0.05) is 117 Å². The summed E-state index contributed by atoms with van der Waals surface area (Å²) in [5, 5.41) is 4.54. The molecule has 0 spiro atoms. The largest absolute Gasteiger partial charge is 0.456 e. The van der Waals surface area contributed by atoms with Crippen LogP contribution in [-0.2, 0) is 5.41 Å². The molecular formula is C49H32N2O2. The molecule has 0 atom stereocenters. The van der Waals surface area contributed by atoms with Gasteiger partial charge in [0.2, 0.25) is 0 Å². The van der Waals surface area contributed by atoms with E-state index < -0.39 is 0 Å². The Kier molecular flexibility index (Phi) is 6.27. The zero-order valence-electron chi connectivity index (χ0n) is 29.2. The van der Waals surface area contributed by atoms with Gasteiger partial charge in [0.25, 0.3) is 0 Å². The third-order valence-corrected chi connectivity index (χ3v) is 11.1. The van der Waals surface area contributed by atoms with E-state index in [0.717, 1.165) is 77.7 Å². The minimum Gasteiger partial charge on any atom is -0.456 e.